The van der Waals surface area contributed by atoms with Crippen LogP contribution in [0.1, 0.15) is 23.7 Å². The zero-order valence-electron chi connectivity index (χ0n) is 10.2. The van der Waals surface area contributed by atoms with Crippen molar-refractivity contribution >= 4 is 0 Å². The van der Waals surface area contributed by atoms with E-state index >= 15 is 0 Å². The molecule has 0 fully saturated rings. The Balaban J connectivity index is 2.00. The van der Waals surface area contributed by atoms with Crippen LogP contribution in [-0.4, -0.2) is 27.0 Å². The molecule has 0 aliphatic heterocycles. The normalized spacial score (nSPS) is 12.6. The highest BCUT2D eigenvalue weighted by atomic mass is 15.4. The first-order chi connectivity index (χ1) is 8.31. The van der Waals surface area contributed by atoms with Gasteiger partial charge in [0.05, 0.1) is 17.9 Å². The van der Waals surface area contributed by atoms with E-state index in [2.05, 4.69) is 26.7 Å². The second-order valence-electron chi connectivity index (χ2n) is 4.02. The summed E-state index contributed by atoms with van der Waals surface area (Å²) in [6, 6.07) is 4.34. The van der Waals surface area contributed by atoms with Crippen LogP contribution in [0.4, 0.5) is 0 Å². The van der Waals surface area contributed by atoms with Crippen LogP contribution in [0.25, 0.3) is 0 Å². The van der Waals surface area contributed by atoms with Crippen LogP contribution in [0, 0.1) is 0 Å². The molecule has 5 nitrogen and oxygen atoms in total. The summed E-state index contributed by atoms with van der Waals surface area (Å²) in [5.41, 5.74) is 2.36. The molecule has 1 atom stereocenters. The maximum atomic E-state index is 4.12. The Morgan fingerprint density at radius 3 is 2.88 bits per heavy atom. The Morgan fingerprint density at radius 2 is 2.29 bits per heavy atom. The van der Waals surface area contributed by atoms with Crippen molar-refractivity contribution in [3.63, 3.8) is 0 Å². The maximum absolute atomic E-state index is 4.12. The van der Waals surface area contributed by atoms with Crippen molar-refractivity contribution in [2.24, 2.45) is 7.05 Å². The second kappa shape index (κ2) is 5.54. The van der Waals surface area contributed by atoms with Crippen LogP contribution in [0.5, 0.6) is 0 Å². The van der Waals surface area contributed by atoms with E-state index < -0.39 is 0 Å². The van der Waals surface area contributed by atoms with Crippen molar-refractivity contribution in [2.45, 2.75) is 18.9 Å². The molecular weight excluding hydrogens is 214 g/mol. The van der Waals surface area contributed by atoms with Crippen molar-refractivity contribution in [3.8, 4) is 0 Å². The molecule has 0 aliphatic carbocycles. The van der Waals surface area contributed by atoms with E-state index in [4.69, 9.17) is 0 Å². The van der Waals surface area contributed by atoms with Gasteiger partial charge in [-0.15, -0.1) is 5.10 Å². The number of rotatable bonds is 5. The molecule has 0 aromatic carbocycles. The van der Waals surface area contributed by atoms with Crippen LogP contribution >= 0.6 is 0 Å². The van der Waals surface area contributed by atoms with Gasteiger partial charge in [0, 0.05) is 19.4 Å². The molecule has 0 bridgehead atoms. The summed E-state index contributed by atoms with van der Waals surface area (Å²) < 4.78 is 1.81. The minimum Gasteiger partial charge on any atom is -0.312 e. The molecule has 0 amide bonds. The molecule has 5 heteroatoms. The van der Waals surface area contributed by atoms with Crippen molar-refractivity contribution < 1.29 is 0 Å². The van der Waals surface area contributed by atoms with Crippen LogP contribution < -0.4 is 5.32 Å². The van der Waals surface area contributed by atoms with Gasteiger partial charge in [0.1, 0.15) is 0 Å². The Morgan fingerprint density at radius 1 is 1.41 bits per heavy atom. The van der Waals surface area contributed by atoms with Gasteiger partial charge < -0.3 is 5.32 Å². The minimum atomic E-state index is 0.273. The SMILES string of the molecule is CNC(CCc1cccnc1)c1cnnn1C. The van der Waals surface area contributed by atoms with E-state index in [-0.39, 0.29) is 6.04 Å². The van der Waals surface area contributed by atoms with Gasteiger partial charge in [-0.3, -0.25) is 9.67 Å². The van der Waals surface area contributed by atoms with Crippen LogP contribution in [-0.2, 0) is 13.5 Å². The third kappa shape index (κ3) is 2.88. The summed E-state index contributed by atoms with van der Waals surface area (Å²) in [6.07, 6.45) is 7.51. The minimum absolute atomic E-state index is 0.273. The molecule has 2 rings (SSSR count). The first kappa shape index (κ1) is 11.7. The van der Waals surface area contributed by atoms with Crippen LogP contribution in [0.15, 0.2) is 30.7 Å². The smallest absolute Gasteiger partial charge is 0.0753 e. The molecule has 0 aliphatic rings. The number of aromatic nitrogens is 4. The van der Waals surface area contributed by atoms with E-state index in [0.29, 0.717) is 0 Å². The number of hydrogen-bond donors (Lipinski definition) is 1. The van der Waals surface area contributed by atoms with Crippen molar-refractivity contribution in [1.82, 2.24) is 25.3 Å². The quantitative estimate of drug-likeness (QED) is 0.837. The van der Waals surface area contributed by atoms with E-state index in [1.54, 1.807) is 6.20 Å². The largest absolute Gasteiger partial charge is 0.312 e. The van der Waals surface area contributed by atoms with Gasteiger partial charge in [0.15, 0.2) is 0 Å². The molecule has 1 unspecified atom stereocenters. The Bertz CT molecular complexity index is 451. The van der Waals surface area contributed by atoms with Crippen molar-refractivity contribution in [1.29, 1.82) is 0 Å². The summed E-state index contributed by atoms with van der Waals surface area (Å²) in [5, 5.41) is 11.2. The molecule has 2 aromatic heterocycles. The van der Waals surface area contributed by atoms with Gasteiger partial charge in [-0.05, 0) is 31.5 Å². The standard InChI is InChI=1S/C12H17N5/c1-13-11(12-9-15-16-17(12)2)6-5-10-4-3-7-14-8-10/h3-4,7-9,11,13H,5-6H2,1-2H3. The first-order valence-electron chi connectivity index (χ1n) is 5.72. The Hall–Kier alpha value is -1.75. The second-order valence-corrected chi connectivity index (χ2v) is 4.02. The van der Waals surface area contributed by atoms with E-state index in [1.807, 2.05) is 37.2 Å². The zero-order valence-corrected chi connectivity index (χ0v) is 10.2. The van der Waals surface area contributed by atoms with Gasteiger partial charge in [0.2, 0.25) is 0 Å². The number of nitrogens with one attached hydrogen (secondary N) is 1. The molecule has 0 saturated heterocycles. The van der Waals surface area contributed by atoms with E-state index in [9.17, 15) is 0 Å². The average Bonchev–Trinajstić information content (AvgIpc) is 2.78. The highest BCUT2D eigenvalue weighted by Gasteiger charge is 2.13. The molecule has 90 valence electrons. The molecule has 17 heavy (non-hydrogen) atoms. The molecule has 1 N–H and O–H groups in total. The summed E-state index contributed by atoms with van der Waals surface area (Å²) in [4.78, 5) is 4.12. The lowest BCUT2D eigenvalue weighted by atomic mass is 10.0. The van der Waals surface area contributed by atoms with Gasteiger partial charge in [0.25, 0.3) is 0 Å². The predicted octanol–water partition coefficient (Wildman–Crippen LogP) is 1.10. The van der Waals surface area contributed by atoms with Crippen LogP contribution in [0.2, 0.25) is 0 Å². The van der Waals surface area contributed by atoms with E-state index in [1.165, 1.54) is 5.56 Å². The van der Waals surface area contributed by atoms with E-state index in [0.717, 1.165) is 18.5 Å². The van der Waals surface area contributed by atoms with Crippen molar-refractivity contribution in [2.75, 3.05) is 7.05 Å². The third-order valence-electron chi connectivity index (χ3n) is 2.90. The lowest BCUT2D eigenvalue weighted by Crippen LogP contribution is -2.20. The summed E-state index contributed by atoms with van der Waals surface area (Å²) >= 11 is 0. The molecule has 0 spiro atoms. The molecule has 2 aromatic rings. The van der Waals surface area contributed by atoms with Gasteiger partial charge >= 0.3 is 0 Å². The van der Waals surface area contributed by atoms with Gasteiger partial charge in [-0.25, -0.2) is 0 Å². The van der Waals surface area contributed by atoms with Crippen molar-refractivity contribution in [3.05, 3.63) is 42.0 Å². The monoisotopic (exact) mass is 231 g/mol. The molecule has 0 radical (unpaired) electrons. The topological polar surface area (TPSA) is 55.6 Å². The lowest BCUT2D eigenvalue weighted by Gasteiger charge is -2.15. The predicted molar refractivity (Wildman–Crippen MR) is 65.4 cm³/mol. The fraction of sp³-hybridized carbons (Fsp3) is 0.417. The fourth-order valence-corrected chi connectivity index (χ4v) is 1.91. The first-order valence-corrected chi connectivity index (χ1v) is 5.72. The number of aryl methyl sites for hydroxylation is 2. The highest BCUT2D eigenvalue weighted by Crippen LogP contribution is 2.16. The third-order valence-corrected chi connectivity index (χ3v) is 2.90. The Labute approximate surface area is 101 Å². The maximum Gasteiger partial charge on any atom is 0.0753 e. The number of pyridine rings is 1. The Kier molecular flexibility index (Phi) is 3.82. The number of hydrogen-bond acceptors (Lipinski definition) is 4. The average molecular weight is 231 g/mol. The highest BCUT2D eigenvalue weighted by molar-refractivity contribution is 5.10. The number of nitrogens with zero attached hydrogens (tertiary/aromatic N) is 4. The summed E-state index contributed by atoms with van der Waals surface area (Å²) in [7, 11) is 3.87. The zero-order chi connectivity index (χ0) is 12.1. The van der Waals surface area contributed by atoms with Gasteiger partial charge in [-0.1, -0.05) is 11.3 Å². The molecule has 0 saturated carbocycles. The van der Waals surface area contributed by atoms with Gasteiger partial charge in [-0.2, -0.15) is 0 Å². The summed E-state index contributed by atoms with van der Waals surface area (Å²) in [6.45, 7) is 0. The van der Waals surface area contributed by atoms with Crippen LogP contribution in [0.3, 0.4) is 0 Å². The fourth-order valence-electron chi connectivity index (χ4n) is 1.91. The summed E-state index contributed by atoms with van der Waals surface area (Å²) in [5.74, 6) is 0. The molecule has 2 heterocycles. The molecular formula is C12H17N5. The lowest BCUT2D eigenvalue weighted by molar-refractivity contribution is 0.504.